The van der Waals surface area contributed by atoms with Gasteiger partial charge in [0.05, 0.1) is 26.4 Å². The van der Waals surface area contributed by atoms with Crippen molar-refractivity contribution in [3.63, 3.8) is 0 Å². The van der Waals surface area contributed by atoms with Crippen molar-refractivity contribution >= 4 is 11.1 Å². The van der Waals surface area contributed by atoms with E-state index in [1.807, 2.05) is 123 Å². The molecule has 4 heteroatoms. The van der Waals surface area contributed by atoms with Gasteiger partial charge in [-0.1, -0.05) is 84.9 Å². The topological polar surface area (TPSA) is 66.0 Å². The summed E-state index contributed by atoms with van der Waals surface area (Å²) in [7, 11) is 3.28. The molecular weight excluding hydrogens is 468 g/mol. The van der Waals surface area contributed by atoms with Crippen LogP contribution in [-0.2, 0) is 0 Å². The van der Waals surface area contributed by atoms with E-state index in [1.165, 1.54) is 0 Å². The quantitative estimate of drug-likeness (QED) is 0.252. The molecule has 0 aromatic heterocycles. The lowest BCUT2D eigenvalue weighted by atomic mass is 9.94. The van der Waals surface area contributed by atoms with E-state index in [4.69, 9.17) is 9.47 Å². The molecule has 0 heterocycles. The standard InChI is InChI=1S/2C17H15NO/c2*1-13(12-18)17(14-6-4-3-5-7-14)15-8-10-16(19-2)11-9-15/h2*3-11H,1-2H3/b17-13+;17-13-. The van der Waals surface area contributed by atoms with Crippen molar-refractivity contribution in [2.75, 3.05) is 14.2 Å². The van der Waals surface area contributed by atoms with Crippen molar-refractivity contribution < 1.29 is 9.47 Å². The van der Waals surface area contributed by atoms with Crippen molar-refractivity contribution in [2.45, 2.75) is 13.8 Å². The minimum atomic E-state index is 0.705. The Balaban J connectivity index is 0.000000211. The molecule has 0 bridgehead atoms. The molecule has 4 aromatic rings. The third kappa shape index (κ3) is 7.00. The highest BCUT2D eigenvalue weighted by atomic mass is 16.5. The molecule has 0 saturated heterocycles. The Labute approximate surface area is 225 Å². The van der Waals surface area contributed by atoms with Crippen LogP contribution >= 0.6 is 0 Å². The third-order valence-corrected chi connectivity index (χ3v) is 5.97. The number of nitrogens with zero attached hydrogens (tertiary/aromatic N) is 2. The molecule has 0 N–H and O–H groups in total. The van der Waals surface area contributed by atoms with Crippen LogP contribution in [0.4, 0.5) is 0 Å². The molecule has 4 rings (SSSR count). The largest absolute Gasteiger partial charge is 0.497 e. The van der Waals surface area contributed by atoms with Gasteiger partial charge in [0, 0.05) is 22.3 Å². The summed E-state index contributed by atoms with van der Waals surface area (Å²) >= 11 is 0. The van der Waals surface area contributed by atoms with Gasteiger partial charge in [0.1, 0.15) is 11.5 Å². The Bertz CT molecular complexity index is 1350. The highest BCUT2D eigenvalue weighted by molar-refractivity contribution is 5.84. The summed E-state index contributed by atoms with van der Waals surface area (Å²) in [6.07, 6.45) is 0. The molecule has 188 valence electrons. The molecule has 0 saturated carbocycles. The third-order valence-electron chi connectivity index (χ3n) is 5.97. The Morgan fingerprint density at radius 1 is 0.474 bits per heavy atom. The molecule has 0 fully saturated rings. The van der Waals surface area contributed by atoms with E-state index < -0.39 is 0 Å². The molecule has 4 aromatic carbocycles. The predicted octanol–water partition coefficient (Wildman–Crippen LogP) is 8.08. The van der Waals surface area contributed by atoms with Gasteiger partial charge in [-0.05, 0) is 60.4 Å². The SMILES string of the molecule is COc1ccc(/C(=C(/C)C#N)c2ccccc2)cc1.COc1ccc(/C(=C(\C)C#N)c2ccccc2)cc1. The number of methoxy groups -OCH3 is 2. The lowest BCUT2D eigenvalue weighted by molar-refractivity contribution is 0.414. The van der Waals surface area contributed by atoms with Crippen LogP contribution in [0.5, 0.6) is 11.5 Å². The average molecular weight is 499 g/mol. The van der Waals surface area contributed by atoms with Gasteiger partial charge in [-0.15, -0.1) is 0 Å². The highest BCUT2D eigenvalue weighted by Gasteiger charge is 2.10. The summed E-state index contributed by atoms with van der Waals surface area (Å²) in [5.74, 6) is 1.62. The Hall–Kier alpha value is -5.06. The zero-order chi connectivity index (χ0) is 27.3. The number of nitriles is 2. The molecule has 0 aliphatic carbocycles. The Morgan fingerprint density at radius 2 is 0.763 bits per heavy atom. The van der Waals surface area contributed by atoms with Crippen LogP contribution in [0.25, 0.3) is 11.1 Å². The van der Waals surface area contributed by atoms with Gasteiger partial charge < -0.3 is 9.47 Å². The van der Waals surface area contributed by atoms with Gasteiger partial charge in [0.25, 0.3) is 0 Å². The van der Waals surface area contributed by atoms with Gasteiger partial charge >= 0.3 is 0 Å². The summed E-state index contributed by atoms with van der Waals surface area (Å²) in [6.45, 7) is 3.68. The number of benzene rings is 4. The van der Waals surface area contributed by atoms with Crippen molar-refractivity contribution in [1.82, 2.24) is 0 Å². The minimum absolute atomic E-state index is 0.705. The maximum absolute atomic E-state index is 9.20. The van der Waals surface area contributed by atoms with Gasteiger partial charge in [0.2, 0.25) is 0 Å². The van der Waals surface area contributed by atoms with Crippen LogP contribution in [-0.4, -0.2) is 14.2 Å². The summed E-state index contributed by atoms with van der Waals surface area (Å²) in [5.41, 5.74) is 7.47. The van der Waals surface area contributed by atoms with Crippen molar-refractivity contribution in [3.8, 4) is 23.6 Å². The van der Waals surface area contributed by atoms with Crippen molar-refractivity contribution in [2.24, 2.45) is 0 Å². The molecule has 4 nitrogen and oxygen atoms in total. The normalized spacial score (nSPS) is 11.4. The van der Waals surface area contributed by atoms with Crippen LogP contribution in [0.1, 0.15) is 36.1 Å². The van der Waals surface area contributed by atoms with Crippen LogP contribution in [0.2, 0.25) is 0 Å². The second-order valence-electron chi connectivity index (χ2n) is 8.41. The zero-order valence-corrected chi connectivity index (χ0v) is 22.1. The van der Waals surface area contributed by atoms with E-state index in [0.29, 0.717) is 11.1 Å². The summed E-state index contributed by atoms with van der Waals surface area (Å²) in [6, 6.07) is 39.9. The van der Waals surface area contributed by atoms with E-state index in [-0.39, 0.29) is 0 Å². The van der Waals surface area contributed by atoms with E-state index in [1.54, 1.807) is 14.2 Å². The minimum Gasteiger partial charge on any atom is -0.497 e. The number of allylic oxidation sites excluding steroid dienone is 2. The first-order valence-corrected chi connectivity index (χ1v) is 12.1. The van der Waals surface area contributed by atoms with E-state index >= 15 is 0 Å². The highest BCUT2D eigenvalue weighted by Crippen LogP contribution is 2.29. The first kappa shape index (κ1) is 27.5. The fraction of sp³-hybridized carbons (Fsp3) is 0.118. The van der Waals surface area contributed by atoms with E-state index in [0.717, 1.165) is 44.9 Å². The van der Waals surface area contributed by atoms with Gasteiger partial charge in [-0.2, -0.15) is 10.5 Å². The second-order valence-corrected chi connectivity index (χ2v) is 8.41. The maximum Gasteiger partial charge on any atom is 0.118 e. The van der Waals surface area contributed by atoms with E-state index in [2.05, 4.69) is 12.1 Å². The van der Waals surface area contributed by atoms with Gasteiger partial charge in [-0.25, -0.2) is 0 Å². The molecule has 0 radical (unpaired) electrons. The average Bonchev–Trinajstić information content (AvgIpc) is 2.99. The number of hydrogen-bond donors (Lipinski definition) is 0. The fourth-order valence-electron chi connectivity index (χ4n) is 4.04. The first-order valence-electron chi connectivity index (χ1n) is 12.1. The van der Waals surface area contributed by atoms with Crippen LogP contribution < -0.4 is 9.47 Å². The first-order chi connectivity index (χ1) is 18.5. The number of ether oxygens (including phenoxy) is 2. The summed E-state index contributed by atoms with van der Waals surface area (Å²) < 4.78 is 10.3. The molecule has 0 atom stereocenters. The van der Waals surface area contributed by atoms with Crippen molar-refractivity contribution in [1.29, 1.82) is 10.5 Å². The predicted molar refractivity (Wildman–Crippen MR) is 153 cm³/mol. The lowest BCUT2D eigenvalue weighted by Crippen LogP contribution is -1.92. The van der Waals surface area contributed by atoms with Crippen LogP contribution in [0.15, 0.2) is 120 Å². The lowest BCUT2D eigenvalue weighted by Gasteiger charge is -2.10. The van der Waals surface area contributed by atoms with Crippen LogP contribution in [0.3, 0.4) is 0 Å². The number of hydrogen-bond acceptors (Lipinski definition) is 4. The van der Waals surface area contributed by atoms with Crippen molar-refractivity contribution in [3.05, 3.63) is 143 Å². The molecule has 0 unspecified atom stereocenters. The van der Waals surface area contributed by atoms with E-state index in [9.17, 15) is 10.5 Å². The monoisotopic (exact) mass is 498 g/mol. The Kier molecular flexibility index (Phi) is 10.1. The molecule has 0 spiro atoms. The maximum atomic E-state index is 9.20. The fourth-order valence-corrected chi connectivity index (χ4v) is 4.04. The molecular formula is C34H30N2O2. The molecule has 0 aliphatic heterocycles. The Morgan fingerprint density at radius 3 is 1.03 bits per heavy atom. The summed E-state index contributed by atoms with van der Waals surface area (Å²) in [5, 5.41) is 18.4. The number of rotatable bonds is 6. The van der Waals surface area contributed by atoms with Gasteiger partial charge in [-0.3, -0.25) is 0 Å². The van der Waals surface area contributed by atoms with Crippen LogP contribution in [0, 0.1) is 22.7 Å². The second kappa shape index (κ2) is 13.9. The molecule has 0 aliphatic rings. The molecule has 0 amide bonds. The summed E-state index contributed by atoms with van der Waals surface area (Å²) in [4.78, 5) is 0. The zero-order valence-electron chi connectivity index (χ0n) is 22.1. The molecule has 38 heavy (non-hydrogen) atoms. The smallest absolute Gasteiger partial charge is 0.118 e. The van der Waals surface area contributed by atoms with Gasteiger partial charge in [0.15, 0.2) is 0 Å².